The first-order valence-corrected chi connectivity index (χ1v) is 5.70. The normalized spacial score (nSPS) is 9.89. The first-order valence-electron chi connectivity index (χ1n) is 5.70. The third kappa shape index (κ3) is 2.66. The molecular weight excluding hydrogens is 226 g/mol. The number of amides is 1. The van der Waals surface area contributed by atoms with Crippen molar-refractivity contribution in [1.82, 2.24) is 10.4 Å². The Hall–Kier alpha value is -2.36. The van der Waals surface area contributed by atoms with Gasteiger partial charge in [-0.1, -0.05) is 24.3 Å². The van der Waals surface area contributed by atoms with Gasteiger partial charge in [0.15, 0.2) is 0 Å². The Kier molecular flexibility index (Phi) is 3.57. The van der Waals surface area contributed by atoms with E-state index in [-0.39, 0.29) is 5.91 Å². The predicted molar refractivity (Wildman–Crippen MR) is 71.3 cm³/mol. The molecule has 0 aliphatic carbocycles. The van der Waals surface area contributed by atoms with Gasteiger partial charge in [-0.3, -0.25) is 15.2 Å². The molecule has 0 saturated heterocycles. The summed E-state index contributed by atoms with van der Waals surface area (Å²) < 4.78 is 0. The zero-order chi connectivity index (χ0) is 13.0. The highest BCUT2D eigenvalue weighted by Crippen LogP contribution is 2.08. The summed E-state index contributed by atoms with van der Waals surface area (Å²) in [5.41, 5.74) is 4.40. The molecule has 0 bridgehead atoms. The minimum absolute atomic E-state index is 0.138. The van der Waals surface area contributed by atoms with Crippen LogP contribution in [0, 0.1) is 6.92 Å². The molecule has 1 N–H and O–H groups in total. The molecule has 1 aromatic carbocycles. The van der Waals surface area contributed by atoms with Gasteiger partial charge < -0.3 is 0 Å². The monoisotopic (exact) mass is 241 g/mol. The predicted octanol–water partition coefficient (Wildman–Crippen LogP) is 2.17. The van der Waals surface area contributed by atoms with Gasteiger partial charge in [0, 0.05) is 18.8 Å². The molecule has 4 heteroatoms. The molecule has 0 atom stereocenters. The van der Waals surface area contributed by atoms with Crippen molar-refractivity contribution in [2.24, 2.45) is 0 Å². The Labute approximate surface area is 106 Å². The molecule has 2 aromatic rings. The number of aryl methyl sites for hydroxylation is 1. The number of rotatable bonds is 3. The molecule has 0 aliphatic heterocycles. The van der Waals surface area contributed by atoms with Crippen LogP contribution in [-0.2, 0) is 0 Å². The number of benzene rings is 1. The van der Waals surface area contributed by atoms with Crippen molar-refractivity contribution in [2.75, 3.05) is 12.1 Å². The molecule has 18 heavy (non-hydrogen) atoms. The van der Waals surface area contributed by atoms with E-state index in [9.17, 15) is 4.79 Å². The molecule has 0 radical (unpaired) electrons. The number of nitrogens with zero attached hydrogens (tertiary/aromatic N) is 2. The Bertz CT molecular complexity index is 540. The second kappa shape index (κ2) is 5.31. The van der Waals surface area contributed by atoms with Crippen molar-refractivity contribution in [3.63, 3.8) is 0 Å². The van der Waals surface area contributed by atoms with E-state index in [2.05, 4.69) is 10.4 Å². The van der Waals surface area contributed by atoms with Crippen LogP contribution < -0.4 is 10.4 Å². The van der Waals surface area contributed by atoms with Gasteiger partial charge in [-0.25, -0.2) is 4.98 Å². The van der Waals surface area contributed by atoms with E-state index in [0.29, 0.717) is 11.4 Å². The van der Waals surface area contributed by atoms with Crippen molar-refractivity contribution in [3.05, 3.63) is 59.8 Å². The number of hydrazine groups is 1. The SMILES string of the molecule is Cc1ccccc1C(=O)NN(C)c1ccccn1. The fourth-order valence-corrected chi connectivity index (χ4v) is 1.65. The minimum Gasteiger partial charge on any atom is -0.271 e. The molecule has 2 rings (SSSR count). The van der Waals surface area contributed by atoms with E-state index in [4.69, 9.17) is 0 Å². The lowest BCUT2D eigenvalue weighted by Crippen LogP contribution is -2.40. The van der Waals surface area contributed by atoms with Crippen molar-refractivity contribution in [2.45, 2.75) is 6.92 Å². The fourth-order valence-electron chi connectivity index (χ4n) is 1.65. The standard InChI is InChI=1S/C14H15N3O/c1-11-7-3-4-8-12(11)14(18)16-17(2)13-9-5-6-10-15-13/h3-10H,1-2H3,(H,16,18). The van der Waals surface area contributed by atoms with Crippen LogP contribution in [-0.4, -0.2) is 17.9 Å². The molecular formula is C14H15N3O. The zero-order valence-electron chi connectivity index (χ0n) is 10.4. The van der Waals surface area contributed by atoms with Crippen LogP contribution in [0.3, 0.4) is 0 Å². The van der Waals surface area contributed by atoms with Crippen molar-refractivity contribution in [1.29, 1.82) is 0 Å². The number of carbonyl (C=O) groups excluding carboxylic acids is 1. The number of nitrogens with one attached hydrogen (secondary N) is 1. The van der Waals surface area contributed by atoms with E-state index in [1.165, 1.54) is 0 Å². The van der Waals surface area contributed by atoms with E-state index < -0.39 is 0 Å². The van der Waals surface area contributed by atoms with Crippen LogP contribution in [0.25, 0.3) is 0 Å². The first kappa shape index (κ1) is 12.1. The van der Waals surface area contributed by atoms with Gasteiger partial charge in [0.2, 0.25) is 0 Å². The van der Waals surface area contributed by atoms with Gasteiger partial charge in [0.05, 0.1) is 0 Å². The maximum atomic E-state index is 12.1. The molecule has 92 valence electrons. The second-order valence-electron chi connectivity index (χ2n) is 4.00. The molecule has 0 spiro atoms. The topological polar surface area (TPSA) is 45.2 Å². The highest BCUT2D eigenvalue weighted by Gasteiger charge is 2.10. The summed E-state index contributed by atoms with van der Waals surface area (Å²) in [6.07, 6.45) is 1.69. The zero-order valence-corrected chi connectivity index (χ0v) is 10.4. The van der Waals surface area contributed by atoms with E-state index in [0.717, 1.165) is 5.56 Å². The molecule has 1 aromatic heterocycles. The molecule has 0 aliphatic rings. The van der Waals surface area contributed by atoms with E-state index in [1.54, 1.807) is 24.3 Å². The maximum Gasteiger partial charge on any atom is 0.270 e. The summed E-state index contributed by atoms with van der Waals surface area (Å²) in [4.78, 5) is 16.2. The van der Waals surface area contributed by atoms with Gasteiger partial charge in [-0.2, -0.15) is 0 Å². The summed E-state index contributed by atoms with van der Waals surface area (Å²) in [6.45, 7) is 1.91. The number of aromatic nitrogens is 1. The lowest BCUT2D eigenvalue weighted by atomic mass is 10.1. The van der Waals surface area contributed by atoms with Gasteiger partial charge in [-0.15, -0.1) is 0 Å². The fraction of sp³-hybridized carbons (Fsp3) is 0.143. The number of anilines is 1. The highest BCUT2D eigenvalue weighted by molar-refractivity contribution is 5.96. The maximum absolute atomic E-state index is 12.1. The second-order valence-corrected chi connectivity index (χ2v) is 4.00. The molecule has 1 heterocycles. The highest BCUT2D eigenvalue weighted by atomic mass is 16.2. The minimum atomic E-state index is -0.138. The van der Waals surface area contributed by atoms with Crippen LogP contribution in [0.1, 0.15) is 15.9 Å². The Morgan fingerprint density at radius 2 is 1.89 bits per heavy atom. The summed E-state index contributed by atoms with van der Waals surface area (Å²) in [5, 5.41) is 1.61. The quantitative estimate of drug-likeness (QED) is 0.838. The molecule has 4 nitrogen and oxygen atoms in total. The summed E-state index contributed by atoms with van der Waals surface area (Å²) in [7, 11) is 1.76. The van der Waals surface area contributed by atoms with Crippen molar-refractivity contribution >= 4 is 11.7 Å². The van der Waals surface area contributed by atoms with Gasteiger partial charge in [0.1, 0.15) is 5.82 Å². The molecule has 0 saturated carbocycles. The number of carbonyl (C=O) groups is 1. The lowest BCUT2D eigenvalue weighted by molar-refractivity contribution is 0.0950. The third-order valence-corrected chi connectivity index (χ3v) is 2.65. The number of hydrogen-bond acceptors (Lipinski definition) is 3. The summed E-state index contributed by atoms with van der Waals surface area (Å²) in [5.74, 6) is 0.556. The van der Waals surface area contributed by atoms with Crippen LogP contribution in [0.15, 0.2) is 48.7 Å². The largest absolute Gasteiger partial charge is 0.271 e. The van der Waals surface area contributed by atoms with Crippen LogP contribution in [0.5, 0.6) is 0 Å². The first-order chi connectivity index (χ1) is 8.68. The Balaban J connectivity index is 2.11. The van der Waals surface area contributed by atoms with E-state index >= 15 is 0 Å². The summed E-state index contributed by atoms with van der Waals surface area (Å²) in [6, 6.07) is 13.0. The van der Waals surface area contributed by atoms with E-state index in [1.807, 2.05) is 43.3 Å². The number of pyridine rings is 1. The average Bonchev–Trinajstić information content (AvgIpc) is 2.40. The lowest BCUT2D eigenvalue weighted by Gasteiger charge is -2.19. The van der Waals surface area contributed by atoms with Crippen LogP contribution in [0.4, 0.5) is 5.82 Å². The van der Waals surface area contributed by atoms with Crippen LogP contribution >= 0.6 is 0 Å². The molecule has 1 amide bonds. The summed E-state index contributed by atoms with van der Waals surface area (Å²) >= 11 is 0. The number of hydrogen-bond donors (Lipinski definition) is 1. The Morgan fingerprint density at radius 1 is 1.17 bits per heavy atom. The molecule has 0 unspecified atom stereocenters. The average molecular weight is 241 g/mol. The molecule has 0 fully saturated rings. The third-order valence-electron chi connectivity index (χ3n) is 2.65. The van der Waals surface area contributed by atoms with Crippen molar-refractivity contribution in [3.8, 4) is 0 Å². The van der Waals surface area contributed by atoms with Crippen LogP contribution in [0.2, 0.25) is 0 Å². The van der Waals surface area contributed by atoms with Gasteiger partial charge >= 0.3 is 0 Å². The van der Waals surface area contributed by atoms with Crippen molar-refractivity contribution < 1.29 is 4.79 Å². The van der Waals surface area contributed by atoms with Gasteiger partial charge in [-0.05, 0) is 30.7 Å². The van der Waals surface area contributed by atoms with Gasteiger partial charge in [0.25, 0.3) is 5.91 Å². The smallest absolute Gasteiger partial charge is 0.270 e. The Morgan fingerprint density at radius 3 is 2.56 bits per heavy atom.